The van der Waals surface area contributed by atoms with Gasteiger partial charge in [0.2, 0.25) is 0 Å². The zero-order valence-electron chi connectivity index (χ0n) is 7.91. The van der Waals surface area contributed by atoms with Gasteiger partial charge in [-0.15, -0.1) is 0 Å². The highest BCUT2D eigenvalue weighted by Gasteiger charge is 2.05. The topological polar surface area (TPSA) is 47.1 Å². The smallest absolute Gasteiger partial charge is 0.126 e. The minimum absolute atomic E-state index is 0.784. The Balaban J connectivity index is 2.80. The maximum Gasteiger partial charge on any atom is 0.126 e. The van der Waals surface area contributed by atoms with Gasteiger partial charge >= 0.3 is 0 Å². The van der Waals surface area contributed by atoms with Crippen molar-refractivity contribution in [3.8, 4) is 0 Å². The highest BCUT2D eigenvalue weighted by atomic mass is 15.3. The number of hydrogen-bond acceptors (Lipinski definition) is 3. The number of nitrogens with zero attached hydrogens (tertiary/aromatic N) is 3. The molecule has 0 saturated carbocycles. The number of anilines is 1. The molecule has 1 aromatic heterocycles. The van der Waals surface area contributed by atoms with Crippen LogP contribution in [0.3, 0.4) is 0 Å². The summed E-state index contributed by atoms with van der Waals surface area (Å²) in [6, 6.07) is 0. The summed E-state index contributed by atoms with van der Waals surface area (Å²) >= 11 is 0. The summed E-state index contributed by atoms with van der Waals surface area (Å²) < 4.78 is 1.80. The number of nitrogen functional groups attached to an aromatic ring is 1. The molecule has 0 aliphatic rings. The first-order valence-electron chi connectivity index (χ1n) is 4.10. The van der Waals surface area contributed by atoms with E-state index in [1.807, 2.05) is 27.2 Å². The largest absolute Gasteiger partial charge is 0.384 e. The molecule has 0 spiro atoms. The molecule has 1 heterocycles. The summed E-state index contributed by atoms with van der Waals surface area (Å²) in [4.78, 5) is 2.08. The summed E-state index contributed by atoms with van der Waals surface area (Å²) in [7, 11) is 4.03. The Morgan fingerprint density at radius 1 is 1.58 bits per heavy atom. The summed E-state index contributed by atoms with van der Waals surface area (Å²) in [5.41, 5.74) is 6.93. The summed E-state index contributed by atoms with van der Waals surface area (Å²) in [6.45, 7) is 3.72. The fraction of sp³-hybridized carbons (Fsp3) is 0.625. The van der Waals surface area contributed by atoms with E-state index in [-0.39, 0.29) is 0 Å². The monoisotopic (exact) mass is 168 g/mol. The van der Waals surface area contributed by atoms with Gasteiger partial charge in [-0.05, 0) is 21.0 Å². The average molecular weight is 168 g/mol. The van der Waals surface area contributed by atoms with E-state index in [2.05, 4.69) is 10.00 Å². The molecule has 4 heteroatoms. The zero-order chi connectivity index (χ0) is 9.14. The van der Waals surface area contributed by atoms with Gasteiger partial charge in [-0.25, -0.2) is 0 Å². The first kappa shape index (κ1) is 9.06. The standard InChI is InChI=1S/C8H16N4/c1-4-12-8(9)7(5-10-12)6-11(2)3/h5H,4,6,9H2,1-3H3. The van der Waals surface area contributed by atoms with E-state index in [0.29, 0.717) is 0 Å². The highest BCUT2D eigenvalue weighted by Crippen LogP contribution is 2.11. The van der Waals surface area contributed by atoms with Crippen molar-refractivity contribution < 1.29 is 0 Å². The molecule has 0 aliphatic heterocycles. The normalized spacial score (nSPS) is 11.0. The predicted octanol–water partition coefficient (Wildman–Crippen LogP) is 0.547. The van der Waals surface area contributed by atoms with Crippen LogP contribution in [0.5, 0.6) is 0 Å². The van der Waals surface area contributed by atoms with Crippen molar-refractivity contribution in [3.63, 3.8) is 0 Å². The van der Waals surface area contributed by atoms with E-state index in [9.17, 15) is 0 Å². The van der Waals surface area contributed by atoms with E-state index in [1.165, 1.54) is 0 Å². The molecule has 0 aliphatic carbocycles. The lowest BCUT2D eigenvalue weighted by Crippen LogP contribution is -2.12. The molecule has 0 amide bonds. The van der Waals surface area contributed by atoms with E-state index < -0.39 is 0 Å². The minimum atomic E-state index is 0.784. The van der Waals surface area contributed by atoms with Gasteiger partial charge in [0.05, 0.1) is 6.20 Å². The first-order valence-corrected chi connectivity index (χ1v) is 4.10. The predicted molar refractivity (Wildman–Crippen MR) is 49.7 cm³/mol. The Kier molecular flexibility index (Phi) is 2.70. The molecule has 0 radical (unpaired) electrons. The van der Waals surface area contributed by atoms with Gasteiger partial charge in [0, 0.05) is 18.7 Å². The molecule has 0 fully saturated rings. The molecule has 1 aromatic rings. The van der Waals surface area contributed by atoms with Crippen molar-refractivity contribution in [2.45, 2.75) is 20.0 Å². The van der Waals surface area contributed by atoms with Gasteiger partial charge in [-0.2, -0.15) is 5.10 Å². The number of aromatic nitrogens is 2. The Labute approximate surface area is 73.0 Å². The molecular formula is C8H16N4. The van der Waals surface area contributed by atoms with Crippen molar-refractivity contribution in [2.75, 3.05) is 19.8 Å². The van der Waals surface area contributed by atoms with Crippen molar-refractivity contribution >= 4 is 5.82 Å². The van der Waals surface area contributed by atoms with E-state index in [1.54, 1.807) is 4.68 Å². The maximum atomic E-state index is 5.84. The third-order valence-electron chi connectivity index (χ3n) is 1.75. The van der Waals surface area contributed by atoms with Crippen LogP contribution in [0.1, 0.15) is 12.5 Å². The van der Waals surface area contributed by atoms with Crippen LogP contribution in [0.25, 0.3) is 0 Å². The van der Waals surface area contributed by atoms with Gasteiger partial charge in [-0.1, -0.05) is 0 Å². The second-order valence-electron chi connectivity index (χ2n) is 3.11. The quantitative estimate of drug-likeness (QED) is 0.717. The lowest BCUT2D eigenvalue weighted by atomic mass is 10.3. The molecule has 68 valence electrons. The number of nitrogens with two attached hydrogens (primary N) is 1. The van der Waals surface area contributed by atoms with Crippen LogP contribution in [-0.4, -0.2) is 28.8 Å². The molecule has 0 saturated heterocycles. The van der Waals surface area contributed by atoms with Gasteiger partial charge in [0.15, 0.2) is 0 Å². The third-order valence-corrected chi connectivity index (χ3v) is 1.75. The Morgan fingerprint density at radius 2 is 2.25 bits per heavy atom. The van der Waals surface area contributed by atoms with Crippen LogP contribution in [0, 0.1) is 0 Å². The molecule has 0 aromatic carbocycles. The molecular weight excluding hydrogens is 152 g/mol. The van der Waals surface area contributed by atoms with Gasteiger partial charge < -0.3 is 10.6 Å². The van der Waals surface area contributed by atoms with Crippen molar-refractivity contribution in [3.05, 3.63) is 11.8 Å². The summed E-state index contributed by atoms with van der Waals surface area (Å²) in [5, 5.41) is 4.15. The zero-order valence-corrected chi connectivity index (χ0v) is 7.91. The van der Waals surface area contributed by atoms with Crippen molar-refractivity contribution in [1.82, 2.24) is 14.7 Å². The van der Waals surface area contributed by atoms with Gasteiger partial charge in [-0.3, -0.25) is 4.68 Å². The van der Waals surface area contributed by atoms with Crippen LogP contribution in [0.15, 0.2) is 6.20 Å². The molecule has 1 rings (SSSR count). The highest BCUT2D eigenvalue weighted by molar-refractivity contribution is 5.38. The number of hydrogen-bond donors (Lipinski definition) is 1. The van der Waals surface area contributed by atoms with Crippen molar-refractivity contribution in [1.29, 1.82) is 0 Å². The van der Waals surface area contributed by atoms with Crippen LogP contribution in [-0.2, 0) is 13.1 Å². The Morgan fingerprint density at radius 3 is 2.67 bits per heavy atom. The first-order chi connectivity index (χ1) is 5.65. The fourth-order valence-corrected chi connectivity index (χ4v) is 1.15. The molecule has 0 bridgehead atoms. The average Bonchev–Trinajstić information content (AvgIpc) is 2.32. The molecule has 12 heavy (non-hydrogen) atoms. The van der Waals surface area contributed by atoms with Crippen LogP contribution in [0.2, 0.25) is 0 Å². The van der Waals surface area contributed by atoms with E-state index in [4.69, 9.17) is 5.73 Å². The number of rotatable bonds is 3. The Hall–Kier alpha value is -1.03. The Bertz CT molecular complexity index is 252. The molecule has 4 nitrogen and oxygen atoms in total. The summed E-state index contributed by atoms with van der Waals surface area (Å²) in [6.07, 6.45) is 1.83. The summed E-state index contributed by atoms with van der Waals surface area (Å²) in [5.74, 6) is 0.784. The van der Waals surface area contributed by atoms with E-state index >= 15 is 0 Å². The number of aryl methyl sites for hydroxylation is 1. The molecule has 2 N–H and O–H groups in total. The second kappa shape index (κ2) is 3.58. The maximum absolute atomic E-state index is 5.84. The molecule has 0 unspecified atom stereocenters. The molecule has 0 atom stereocenters. The SMILES string of the molecule is CCn1ncc(CN(C)C)c1N. The van der Waals surface area contributed by atoms with Crippen LogP contribution < -0.4 is 5.73 Å². The van der Waals surface area contributed by atoms with Crippen molar-refractivity contribution in [2.24, 2.45) is 0 Å². The van der Waals surface area contributed by atoms with E-state index in [0.717, 1.165) is 24.5 Å². The van der Waals surface area contributed by atoms with Crippen LogP contribution in [0.4, 0.5) is 5.82 Å². The van der Waals surface area contributed by atoms with Gasteiger partial charge in [0.25, 0.3) is 0 Å². The second-order valence-corrected chi connectivity index (χ2v) is 3.11. The van der Waals surface area contributed by atoms with Gasteiger partial charge in [0.1, 0.15) is 5.82 Å². The minimum Gasteiger partial charge on any atom is -0.384 e. The fourth-order valence-electron chi connectivity index (χ4n) is 1.15. The lowest BCUT2D eigenvalue weighted by Gasteiger charge is -2.08. The van der Waals surface area contributed by atoms with Crippen LogP contribution >= 0.6 is 0 Å². The lowest BCUT2D eigenvalue weighted by molar-refractivity contribution is 0.403. The third kappa shape index (κ3) is 1.76.